The Bertz CT molecular complexity index is 191. The van der Waals surface area contributed by atoms with E-state index in [-0.39, 0.29) is 59.1 Å². The Hall–Kier alpha value is 2.00. The van der Waals surface area contributed by atoms with Crippen molar-refractivity contribution in [1.82, 2.24) is 4.90 Å². The fourth-order valence-electron chi connectivity index (χ4n) is 0.709. The van der Waals surface area contributed by atoms with Crippen LogP contribution in [-0.2, 0) is 18.2 Å². The maximum atomic E-state index is 9.24. The van der Waals surface area contributed by atoms with Crippen molar-refractivity contribution in [2.45, 2.75) is 0 Å². The molecule has 1 rings (SSSR count). The van der Waals surface area contributed by atoms with Crippen LogP contribution in [0.5, 0.6) is 0 Å². The van der Waals surface area contributed by atoms with Gasteiger partial charge in [-0.3, -0.25) is 0 Å². The van der Waals surface area contributed by atoms with E-state index in [2.05, 4.69) is 16.3 Å². The van der Waals surface area contributed by atoms with Crippen LogP contribution in [0.1, 0.15) is 0 Å². The summed E-state index contributed by atoms with van der Waals surface area (Å²) in [4.78, 5) is 20.7. The molecule has 1 aliphatic rings. The molecular weight excluding hydrogens is 278 g/mol. The van der Waals surface area contributed by atoms with Crippen LogP contribution in [-0.4, -0.2) is 38.3 Å². The summed E-state index contributed by atoms with van der Waals surface area (Å²) in [5.41, 5.74) is 0. The molecule has 0 aliphatic carbocycles. The topological polar surface area (TPSA) is 102 Å². The van der Waals surface area contributed by atoms with Crippen molar-refractivity contribution in [2.75, 3.05) is 33.4 Å². The fourth-order valence-corrected chi connectivity index (χ4v) is 1.14. The van der Waals surface area contributed by atoms with Crippen LogP contribution >= 0.6 is 16.5 Å². The summed E-state index contributed by atoms with van der Waals surface area (Å²) >= 11 is 0. The Morgan fingerprint density at radius 3 is 1.62 bits per heavy atom. The number of rotatable bonds is 2. The number of morpholine rings is 1. The minimum atomic E-state index is -3.24. The van der Waals surface area contributed by atoms with E-state index in [4.69, 9.17) is 4.74 Å². The van der Waals surface area contributed by atoms with Gasteiger partial charge in [0.15, 0.2) is 0 Å². The molecule has 7 nitrogen and oxygen atoms in total. The third-order valence-corrected chi connectivity index (χ3v) is 2.43. The van der Waals surface area contributed by atoms with Gasteiger partial charge in [0.25, 0.3) is 0 Å². The number of hydrogen-bond acceptors (Lipinski definition) is 7. The first-order chi connectivity index (χ1) is 6.52. The van der Waals surface area contributed by atoms with Gasteiger partial charge in [-0.1, -0.05) is 0 Å². The van der Waals surface area contributed by atoms with Gasteiger partial charge in [-0.15, -0.1) is 0 Å². The van der Waals surface area contributed by atoms with Gasteiger partial charge in [0.2, 0.25) is 0 Å². The van der Waals surface area contributed by atoms with Gasteiger partial charge in [0, 0.05) is 13.1 Å². The van der Waals surface area contributed by atoms with E-state index in [1.165, 1.54) is 0 Å². The number of ether oxygens (including phenoxy) is 1. The fraction of sp³-hybridized carbons (Fsp3) is 1.00. The second kappa shape index (κ2) is 15.1. The Balaban J connectivity index is -0.000000188. The first-order valence-corrected chi connectivity index (χ1v) is 5.94. The molecule has 0 radical (unpaired) electrons. The van der Waals surface area contributed by atoms with Crippen LogP contribution in [0.2, 0.25) is 0 Å². The van der Waals surface area contributed by atoms with E-state index in [1.54, 1.807) is 0 Å². The van der Waals surface area contributed by atoms with Gasteiger partial charge in [0.1, 0.15) is 4.31 Å². The van der Waals surface area contributed by atoms with Crippen molar-refractivity contribution in [1.29, 1.82) is 0 Å². The largest absolute Gasteiger partial charge is 1.00 e. The van der Waals surface area contributed by atoms with Crippen LogP contribution in [0.3, 0.4) is 0 Å². The molecule has 1 saturated heterocycles. The Morgan fingerprint density at radius 1 is 1.12 bits per heavy atom. The Morgan fingerprint density at radius 2 is 1.50 bits per heavy atom. The van der Waals surface area contributed by atoms with Gasteiger partial charge in [-0.2, -0.15) is 0 Å². The maximum absolute atomic E-state index is 9.24. The minimum absolute atomic E-state index is 0. The zero-order valence-electron chi connectivity index (χ0n) is 9.62. The van der Waals surface area contributed by atoms with Crippen molar-refractivity contribution >= 4 is 16.5 Å². The van der Waals surface area contributed by atoms with Crippen molar-refractivity contribution in [3.63, 3.8) is 0 Å². The smallest absolute Gasteiger partial charge is 0.563 e. The quantitative estimate of drug-likeness (QED) is 0.367. The molecule has 2 atom stereocenters. The van der Waals surface area contributed by atoms with E-state index in [0.29, 0.717) is 0 Å². The van der Waals surface area contributed by atoms with Crippen molar-refractivity contribution < 1.29 is 87.1 Å². The minimum Gasteiger partial charge on any atom is -0.563 e. The van der Waals surface area contributed by atoms with E-state index < -0.39 is 16.5 Å². The predicted octanol–water partition coefficient (Wildman–Crippen LogP) is -7.01. The number of nitrogens with zero attached hydrogens (tertiary/aromatic N) is 1. The van der Waals surface area contributed by atoms with Crippen LogP contribution in [0.15, 0.2) is 0 Å². The van der Waals surface area contributed by atoms with Crippen molar-refractivity contribution in [3.8, 4) is 0 Å². The summed E-state index contributed by atoms with van der Waals surface area (Å²) in [7, 11) is -4.36. The van der Waals surface area contributed by atoms with E-state index in [1.807, 2.05) is 0 Å². The molecule has 0 aromatic rings. The molecule has 0 aromatic carbocycles. The number of likely N-dealkylation sites (N-methyl/N-ethyl adjacent to an activating group) is 1. The average molecular weight is 289 g/mol. The maximum Gasteiger partial charge on any atom is 1.00 e. The zero-order chi connectivity index (χ0) is 11.0. The summed E-state index contributed by atoms with van der Waals surface area (Å²) in [5.74, 6) is 0. The van der Waals surface area contributed by atoms with Crippen LogP contribution in [0.25, 0.3) is 0 Å². The molecule has 16 heavy (non-hydrogen) atoms. The second-order valence-corrected chi connectivity index (χ2v) is 3.99. The van der Waals surface area contributed by atoms with Crippen LogP contribution in [0.4, 0.5) is 0 Å². The molecule has 0 saturated carbocycles. The molecule has 2 unspecified atom stereocenters. The van der Waals surface area contributed by atoms with Gasteiger partial charge < -0.3 is 19.4 Å². The molecule has 0 spiro atoms. The summed E-state index contributed by atoms with van der Waals surface area (Å²) < 4.78 is 26.7. The molecule has 1 aliphatic heterocycles. The third kappa shape index (κ3) is 18.4. The van der Waals surface area contributed by atoms with E-state index in [9.17, 15) is 18.9 Å². The average Bonchev–Trinajstić information content (AvgIpc) is 2.03. The van der Waals surface area contributed by atoms with E-state index in [0.717, 1.165) is 26.3 Å². The standard InChI is InChI=1S/C5H11NO.2Na.O5P2/c1-6-2-4-7-5-3-6;;;1-6(2)5-7(3)4/h2-5H2,1H3;;;/q;2*+1;. The zero-order valence-corrected chi connectivity index (χ0v) is 15.4. The van der Waals surface area contributed by atoms with Crippen molar-refractivity contribution in [2.24, 2.45) is 0 Å². The molecule has 0 bridgehead atoms. The predicted molar refractivity (Wildman–Crippen MR) is 44.6 cm³/mol. The monoisotopic (exact) mass is 289 g/mol. The van der Waals surface area contributed by atoms with Crippen LogP contribution < -0.4 is 68.9 Å². The summed E-state index contributed by atoms with van der Waals surface area (Å²) in [5, 5.41) is 0. The molecule has 0 aromatic heterocycles. The summed E-state index contributed by atoms with van der Waals surface area (Å²) in [6.07, 6.45) is 0. The molecule has 0 N–H and O–H groups in total. The normalized spacial score (nSPS) is 16.9. The van der Waals surface area contributed by atoms with Gasteiger partial charge in [0.05, 0.1) is 13.2 Å². The molecule has 1 fully saturated rings. The third-order valence-electron chi connectivity index (χ3n) is 1.37. The number of hydrogen-bond donors (Lipinski definition) is 0. The van der Waals surface area contributed by atoms with Gasteiger partial charge >= 0.3 is 75.6 Å². The molecular formula is C5H11NNa2O6P2+2. The first-order valence-electron chi connectivity index (χ1n) is 3.75. The summed E-state index contributed by atoms with van der Waals surface area (Å²) in [6.45, 7) is 4.02. The second-order valence-electron chi connectivity index (χ2n) is 2.44. The van der Waals surface area contributed by atoms with Crippen molar-refractivity contribution in [3.05, 3.63) is 0 Å². The molecule has 82 valence electrons. The first kappa shape index (κ1) is 23.1. The van der Waals surface area contributed by atoms with Gasteiger partial charge in [-0.05, 0) is 16.2 Å². The Kier molecular flexibility index (Phi) is 21.8. The molecule has 0 amide bonds. The van der Waals surface area contributed by atoms with E-state index >= 15 is 0 Å². The SMILES string of the molecule is CN1CCOCC1.O=[P+]([O-])O[P+](=O)[O-].[Na+].[Na+]. The van der Waals surface area contributed by atoms with Crippen LogP contribution in [0, 0.1) is 0 Å². The van der Waals surface area contributed by atoms with Gasteiger partial charge in [-0.25, -0.2) is 0 Å². The molecule has 11 heteroatoms. The molecule has 1 heterocycles. The summed E-state index contributed by atoms with van der Waals surface area (Å²) in [6, 6.07) is 0. The Labute approximate surface area is 140 Å².